The zero-order valence-electron chi connectivity index (χ0n) is 15.1. The molecule has 164 valence electrons. The summed E-state index contributed by atoms with van der Waals surface area (Å²) < 4.78 is 92.4. The first-order valence-electron chi connectivity index (χ1n) is 7.84. The molecule has 0 radical (unpaired) electrons. The summed E-state index contributed by atoms with van der Waals surface area (Å²) in [5, 5.41) is 3.28. The van der Waals surface area contributed by atoms with E-state index in [0.717, 1.165) is 24.3 Å². The number of fused-ring (bicyclic) bond motifs is 1. The fourth-order valence-electron chi connectivity index (χ4n) is 2.44. The minimum atomic E-state index is -4.47. The van der Waals surface area contributed by atoms with E-state index < -0.39 is 40.1 Å². The van der Waals surface area contributed by atoms with E-state index in [1.54, 1.807) is 0 Å². The Bertz CT molecular complexity index is 1420. The molecule has 0 bridgehead atoms. The van der Waals surface area contributed by atoms with E-state index in [-0.39, 0.29) is 21.4 Å². The topological polar surface area (TPSA) is 212 Å². The highest BCUT2D eigenvalue weighted by Crippen LogP contribution is 2.28. The maximum absolute atomic E-state index is 11.2. The highest BCUT2D eigenvalue weighted by Gasteiger charge is 2.19. The van der Waals surface area contributed by atoms with Gasteiger partial charge in [0, 0.05) is 21.4 Å². The summed E-state index contributed by atoms with van der Waals surface area (Å²) in [6, 6.07) is 12.4. The van der Waals surface area contributed by atoms with Gasteiger partial charge in [-0.25, -0.2) is 0 Å². The average molecular weight is 487 g/mol. The van der Waals surface area contributed by atoms with E-state index in [4.69, 9.17) is 19.2 Å². The van der Waals surface area contributed by atoms with Crippen LogP contribution >= 0.6 is 0 Å². The molecule has 0 spiro atoms. The average Bonchev–Trinajstić information content (AvgIpc) is 2.66. The van der Waals surface area contributed by atoms with E-state index in [1.165, 1.54) is 36.4 Å². The van der Waals surface area contributed by atoms with Gasteiger partial charge in [-0.3, -0.25) is 13.7 Å². The molecule has 0 unspecified atom stereocenters. The summed E-state index contributed by atoms with van der Waals surface area (Å²) in [5.41, 5.74) is 8.33. The SMILES string of the molecule is O=S(=O)(O)c1cccc2c(S(=O)(=O)O)cccc12.[N-]=[N+]=Nc1ccc(S(=O)(=O)O)cc1. The molecule has 0 amide bonds. The summed E-state index contributed by atoms with van der Waals surface area (Å²) in [6.45, 7) is 0. The molecule has 0 saturated heterocycles. The standard InChI is InChI=1S/C10H8O6S2.C6H5N3O3S/c11-17(12,13)9-5-1-3-7-8(9)4-2-6-10(7)18(14,15)16;7-9-8-5-1-3-6(4-2-5)13(10,11)12/h1-6H,(H,11,12,13)(H,14,15,16);1-4H,(H,10,11,12). The minimum absolute atomic E-state index is 0.0233. The fourth-order valence-corrected chi connectivity index (χ4v) is 4.33. The van der Waals surface area contributed by atoms with E-state index in [9.17, 15) is 25.3 Å². The van der Waals surface area contributed by atoms with E-state index in [2.05, 4.69) is 10.0 Å². The molecule has 0 aliphatic carbocycles. The highest BCUT2D eigenvalue weighted by atomic mass is 32.2. The highest BCUT2D eigenvalue weighted by molar-refractivity contribution is 7.86. The first-order chi connectivity index (χ1) is 14.2. The molecule has 0 heterocycles. The zero-order chi connectivity index (χ0) is 23.4. The summed E-state index contributed by atoms with van der Waals surface area (Å²) in [5.74, 6) is 0. The van der Waals surface area contributed by atoms with Gasteiger partial charge in [-0.15, -0.1) is 0 Å². The van der Waals surface area contributed by atoms with Gasteiger partial charge >= 0.3 is 0 Å². The number of nitrogens with zero attached hydrogens (tertiary/aromatic N) is 3. The van der Waals surface area contributed by atoms with Crippen LogP contribution in [0.3, 0.4) is 0 Å². The van der Waals surface area contributed by atoms with Gasteiger partial charge in [0.15, 0.2) is 0 Å². The Morgan fingerprint density at radius 1 is 0.645 bits per heavy atom. The molecular formula is C16H13N3O9S3. The first kappa shape index (κ1) is 24.2. The predicted molar refractivity (Wildman–Crippen MR) is 109 cm³/mol. The Balaban J connectivity index is 0.000000233. The van der Waals surface area contributed by atoms with Gasteiger partial charge in [0.2, 0.25) is 0 Å². The quantitative estimate of drug-likeness (QED) is 0.213. The molecule has 0 fully saturated rings. The number of rotatable bonds is 4. The molecule has 0 atom stereocenters. The third kappa shape index (κ3) is 6.22. The van der Waals surface area contributed by atoms with Crippen LogP contribution in [0.4, 0.5) is 5.69 Å². The lowest BCUT2D eigenvalue weighted by atomic mass is 10.1. The van der Waals surface area contributed by atoms with Crippen LogP contribution in [-0.4, -0.2) is 38.9 Å². The Morgan fingerprint density at radius 2 is 1.06 bits per heavy atom. The van der Waals surface area contributed by atoms with Gasteiger partial charge in [0.25, 0.3) is 30.4 Å². The second-order valence-electron chi connectivity index (χ2n) is 5.72. The molecular weight excluding hydrogens is 474 g/mol. The van der Waals surface area contributed by atoms with Crippen LogP contribution in [0.25, 0.3) is 21.2 Å². The summed E-state index contributed by atoms with van der Waals surface area (Å²) in [6.07, 6.45) is 0. The van der Waals surface area contributed by atoms with Gasteiger partial charge in [0.1, 0.15) is 9.79 Å². The molecule has 0 aliphatic heterocycles. The Morgan fingerprint density at radius 3 is 1.39 bits per heavy atom. The van der Waals surface area contributed by atoms with Crippen molar-refractivity contribution in [2.45, 2.75) is 14.7 Å². The predicted octanol–water partition coefficient (Wildman–Crippen LogP) is 3.21. The molecule has 3 aromatic rings. The van der Waals surface area contributed by atoms with Crippen molar-refractivity contribution in [2.24, 2.45) is 5.11 Å². The van der Waals surface area contributed by atoms with Crippen LogP contribution < -0.4 is 0 Å². The van der Waals surface area contributed by atoms with Crippen LogP contribution in [0.5, 0.6) is 0 Å². The van der Waals surface area contributed by atoms with Gasteiger partial charge in [-0.1, -0.05) is 41.5 Å². The molecule has 0 saturated carbocycles. The van der Waals surface area contributed by atoms with Crippen molar-refractivity contribution >= 4 is 46.8 Å². The van der Waals surface area contributed by atoms with Crippen molar-refractivity contribution in [3.8, 4) is 0 Å². The third-order valence-corrected chi connectivity index (χ3v) is 6.38. The van der Waals surface area contributed by atoms with E-state index >= 15 is 0 Å². The first-order valence-corrected chi connectivity index (χ1v) is 12.2. The van der Waals surface area contributed by atoms with Crippen molar-refractivity contribution < 1.29 is 38.9 Å². The lowest BCUT2D eigenvalue weighted by Crippen LogP contribution is -2.02. The van der Waals surface area contributed by atoms with Gasteiger partial charge < -0.3 is 0 Å². The second kappa shape index (κ2) is 8.99. The Labute approximate surface area is 176 Å². The third-order valence-electron chi connectivity index (χ3n) is 3.69. The molecule has 15 heteroatoms. The lowest BCUT2D eigenvalue weighted by Gasteiger charge is -2.06. The number of azide groups is 1. The van der Waals surface area contributed by atoms with E-state index in [0.29, 0.717) is 0 Å². The lowest BCUT2D eigenvalue weighted by molar-refractivity contribution is 0.481. The van der Waals surface area contributed by atoms with Crippen molar-refractivity contribution in [2.75, 3.05) is 0 Å². The molecule has 3 rings (SSSR count). The van der Waals surface area contributed by atoms with Gasteiger partial charge in [-0.2, -0.15) is 25.3 Å². The van der Waals surface area contributed by atoms with Gasteiger partial charge in [-0.05, 0) is 29.8 Å². The largest absolute Gasteiger partial charge is 0.295 e. The molecule has 0 aromatic heterocycles. The van der Waals surface area contributed by atoms with Crippen molar-refractivity contribution in [3.63, 3.8) is 0 Å². The van der Waals surface area contributed by atoms with Crippen LogP contribution in [0.2, 0.25) is 0 Å². The molecule has 3 N–H and O–H groups in total. The number of hydrogen-bond acceptors (Lipinski definition) is 7. The van der Waals surface area contributed by atoms with Gasteiger partial charge in [0.05, 0.1) is 4.90 Å². The van der Waals surface area contributed by atoms with Crippen molar-refractivity contribution in [1.82, 2.24) is 0 Å². The number of hydrogen-bond donors (Lipinski definition) is 3. The van der Waals surface area contributed by atoms with Crippen molar-refractivity contribution in [3.05, 3.63) is 71.1 Å². The fraction of sp³-hybridized carbons (Fsp3) is 0. The smallest absolute Gasteiger partial charge is 0.282 e. The molecule has 31 heavy (non-hydrogen) atoms. The normalized spacial score (nSPS) is 11.8. The number of benzene rings is 3. The van der Waals surface area contributed by atoms with Crippen LogP contribution in [-0.2, 0) is 30.4 Å². The molecule has 12 nitrogen and oxygen atoms in total. The molecule has 0 aliphatic rings. The van der Waals surface area contributed by atoms with Crippen LogP contribution in [0.15, 0.2) is 80.5 Å². The van der Waals surface area contributed by atoms with Crippen molar-refractivity contribution in [1.29, 1.82) is 0 Å². The summed E-state index contributed by atoms with van der Waals surface area (Å²) in [7, 11) is -13.1. The summed E-state index contributed by atoms with van der Waals surface area (Å²) >= 11 is 0. The monoisotopic (exact) mass is 487 g/mol. The Kier molecular flexibility index (Phi) is 7.03. The van der Waals surface area contributed by atoms with Crippen LogP contribution in [0.1, 0.15) is 0 Å². The Hall–Kier alpha value is -3.04. The zero-order valence-corrected chi connectivity index (χ0v) is 17.6. The van der Waals surface area contributed by atoms with Crippen LogP contribution in [0, 0.1) is 0 Å². The minimum Gasteiger partial charge on any atom is -0.282 e. The second-order valence-corrected chi connectivity index (χ2v) is 9.92. The maximum atomic E-state index is 11.2. The maximum Gasteiger partial charge on any atom is 0.295 e. The van der Waals surface area contributed by atoms with E-state index in [1.807, 2.05) is 0 Å². The summed E-state index contributed by atoms with van der Waals surface area (Å²) in [4.78, 5) is 1.46. The molecule has 3 aromatic carbocycles.